The van der Waals surface area contributed by atoms with Gasteiger partial charge in [-0.1, -0.05) is 15.9 Å². The second-order valence-electron chi connectivity index (χ2n) is 3.01. The fourth-order valence-corrected chi connectivity index (χ4v) is 1.57. The van der Waals surface area contributed by atoms with Crippen molar-refractivity contribution in [2.75, 3.05) is 0 Å². The second kappa shape index (κ2) is 4.61. The lowest BCUT2D eigenvalue weighted by Crippen LogP contribution is -2.36. The molecule has 0 spiro atoms. The highest BCUT2D eigenvalue weighted by Crippen LogP contribution is 2.28. The summed E-state index contributed by atoms with van der Waals surface area (Å²) < 4.78 is 0.490. The van der Waals surface area contributed by atoms with E-state index >= 15 is 0 Å². The zero-order valence-electron chi connectivity index (χ0n) is 7.59. The maximum atomic E-state index is 10.5. The standard InChI is InChI=1S/C9H10BrNO4/c10-6-2-1-4(12)3-5(6)8(13)7(11)9(14)15/h1-3,7-8,12-13H,11H2,(H,14,15). The van der Waals surface area contributed by atoms with Crippen LogP contribution in [0.3, 0.4) is 0 Å². The number of aliphatic carboxylic acids is 1. The van der Waals surface area contributed by atoms with Gasteiger partial charge in [0.05, 0.1) is 0 Å². The van der Waals surface area contributed by atoms with E-state index in [-0.39, 0.29) is 11.3 Å². The van der Waals surface area contributed by atoms with Crippen molar-refractivity contribution in [1.29, 1.82) is 0 Å². The molecular formula is C9H10BrNO4. The smallest absolute Gasteiger partial charge is 0.323 e. The van der Waals surface area contributed by atoms with E-state index in [4.69, 9.17) is 10.8 Å². The summed E-state index contributed by atoms with van der Waals surface area (Å²) in [6.07, 6.45) is -1.37. The summed E-state index contributed by atoms with van der Waals surface area (Å²) in [5, 5.41) is 27.4. The van der Waals surface area contributed by atoms with Crippen LogP contribution in [-0.4, -0.2) is 27.3 Å². The molecule has 82 valence electrons. The molecule has 5 N–H and O–H groups in total. The summed E-state index contributed by atoms with van der Waals surface area (Å²) in [6.45, 7) is 0. The molecule has 1 aromatic carbocycles. The molecule has 5 nitrogen and oxygen atoms in total. The Morgan fingerprint density at radius 3 is 2.60 bits per heavy atom. The van der Waals surface area contributed by atoms with Crippen molar-refractivity contribution < 1.29 is 20.1 Å². The number of phenolic OH excluding ortho intramolecular Hbond substituents is 1. The number of nitrogens with two attached hydrogens (primary N) is 1. The van der Waals surface area contributed by atoms with Gasteiger partial charge in [0.15, 0.2) is 0 Å². The lowest BCUT2D eigenvalue weighted by Gasteiger charge is -2.16. The summed E-state index contributed by atoms with van der Waals surface area (Å²) >= 11 is 3.13. The van der Waals surface area contributed by atoms with Crippen molar-refractivity contribution in [2.24, 2.45) is 5.73 Å². The molecular weight excluding hydrogens is 266 g/mol. The van der Waals surface area contributed by atoms with Crippen LogP contribution in [0.5, 0.6) is 5.75 Å². The Balaban J connectivity index is 3.04. The van der Waals surface area contributed by atoms with Crippen LogP contribution in [0.2, 0.25) is 0 Å². The highest BCUT2D eigenvalue weighted by atomic mass is 79.9. The third-order valence-corrected chi connectivity index (χ3v) is 2.65. The molecule has 6 heteroatoms. The van der Waals surface area contributed by atoms with Crippen molar-refractivity contribution in [2.45, 2.75) is 12.1 Å². The van der Waals surface area contributed by atoms with Crippen LogP contribution >= 0.6 is 15.9 Å². The molecule has 0 aromatic heterocycles. The molecule has 1 rings (SSSR count). The number of carbonyl (C=O) groups is 1. The van der Waals surface area contributed by atoms with Gasteiger partial charge < -0.3 is 21.1 Å². The molecule has 1 aromatic rings. The number of carboxylic acid groups (broad SMARTS) is 1. The summed E-state index contributed by atoms with van der Waals surface area (Å²) in [5.74, 6) is -1.37. The van der Waals surface area contributed by atoms with Crippen LogP contribution in [0.15, 0.2) is 22.7 Å². The topological polar surface area (TPSA) is 104 Å². The van der Waals surface area contributed by atoms with E-state index < -0.39 is 18.1 Å². The molecule has 0 radical (unpaired) electrons. The quantitative estimate of drug-likeness (QED) is 0.647. The molecule has 15 heavy (non-hydrogen) atoms. The fraction of sp³-hybridized carbons (Fsp3) is 0.222. The number of hydrogen-bond donors (Lipinski definition) is 4. The molecule has 0 saturated carbocycles. The first-order chi connectivity index (χ1) is 6.93. The summed E-state index contributed by atoms with van der Waals surface area (Å²) in [4.78, 5) is 10.5. The Hall–Kier alpha value is -1.11. The number of benzene rings is 1. The van der Waals surface area contributed by atoms with E-state index in [9.17, 15) is 15.0 Å². The van der Waals surface area contributed by atoms with Crippen molar-refractivity contribution in [1.82, 2.24) is 0 Å². The zero-order chi connectivity index (χ0) is 11.6. The van der Waals surface area contributed by atoms with Crippen molar-refractivity contribution in [3.63, 3.8) is 0 Å². The first kappa shape index (κ1) is 12.0. The molecule has 2 unspecified atom stereocenters. The number of halogens is 1. The number of carboxylic acids is 1. The molecule has 0 amide bonds. The van der Waals surface area contributed by atoms with Crippen LogP contribution in [0.25, 0.3) is 0 Å². The molecule has 0 heterocycles. The molecule has 0 aliphatic carbocycles. The summed E-state index contributed by atoms with van der Waals surface area (Å²) in [7, 11) is 0. The lowest BCUT2D eigenvalue weighted by atomic mass is 10.0. The molecule has 0 saturated heterocycles. The Labute approximate surface area is 94.3 Å². The Kier molecular flexibility index (Phi) is 3.67. The summed E-state index contributed by atoms with van der Waals surface area (Å²) in [5.41, 5.74) is 5.50. The van der Waals surface area contributed by atoms with Gasteiger partial charge in [-0.05, 0) is 18.2 Å². The van der Waals surface area contributed by atoms with Gasteiger partial charge in [-0.3, -0.25) is 4.79 Å². The average molecular weight is 276 g/mol. The maximum absolute atomic E-state index is 10.5. The van der Waals surface area contributed by atoms with E-state index in [1.807, 2.05) is 0 Å². The minimum absolute atomic E-state index is 0.0650. The average Bonchev–Trinajstić information content (AvgIpc) is 2.19. The predicted molar refractivity (Wildman–Crippen MR) is 56.4 cm³/mol. The number of rotatable bonds is 3. The van der Waals surface area contributed by atoms with Gasteiger partial charge in [0.1, 0.15) is 17.9 Å². The SMILES string of the molecule is NC(C(=O)O)C(O)c1cc(O)ccc1Br. The highest BCUT2D eigenvalue weighted by molar-refractivity contribution is 9.10. The van der Waals surface area contributed by atoms with Gasteiger partial charge in [0.2, 0.25) is 0 Å². The first-order valence-electron chi connectivity index (χ1n) is 4.08. The predicted octanol–water partition coefficient (Wildman–Crippen LogP) is 0.600. The first-order valence-corrected chi connectivity index (χ1v) is 4.87. The Morgan fingerprint density at radius 1 is 1.47 bits per heavy atom. The van der Waals surface area contributed by atoms with Gasteiger partial charge in [-0.15, -0.1) is 0 Å². The van der Waals surface area contributed by atoms with E-state index in [1.165, 1.54) is 18.2 Å². The van der Waals surface area contributed by atoms with Gasteiger partial charge in [0, 0.05) is 10.0 Å². The van der Waals surface area contributed by atoms with Crippen LogP contribution < -0.4 is 5.73 Å². The second-order valence-corrected chi connectivity index (χ2v) is 3.87. The van der Waals surface area contributed by atoms with Crippen LogP contribution in [0.1, 0.15) is 11.7 Å². The van der Waals surface area contributed by atoms with Crippen LogP contribution in [0.4, 0.5) is 0 Å². The van der Waals surface area contributed by atoms with E-state index in [1.54, 1.807) is 0 Å². The number of aliphatic hydroxyl groups excluding tert-OH is 1. The lowest BCUT2D eigenvalue weighted by molar-refractivity contribution is -0.141. The van der Waals surface area contributed by atoms with E-state index in [0.29, 0.717) is 4.47 Å². The number of aliphatic hydroxyl groups is 1. The van der Waals surface area contributed by atoms with Crippen LogP contribution in [0, 0.1) is 0 Å². The summed E-state index contributed by atoms with van der Waals surface area (Å²) in [6, 6.07) is 2.75. The monoisotopic (exact) mass is 275 g/mol. The normalized spacial score (nSPS) is 14.6. The van der Waals surface area contributed by atoms with E-state index in [2.05, 4.69) is 15.9 Å². The van der Waals surface area contributed by atoms with Gasteiger partial charge >= 0.3 is 5.97 Å². The van der Waals surface area contributed by atoms with Crippen molar-refractivity contribution in [3.05, 3.63) is 28.2 Å². The van der Waals surface area contributed by atoms with Gasteiger partial charge in [-0.2, -0.15) is 0 Å². The number of phenols is 1. The van der Waals surface area contributed by atoms with Gasteiger partial charge in [0.25, 0.3) is 0 Å². The van der Waals surface area contributed by atoms with E-state index in [0.717, 1.165) is 0 Å². The molecule has 0 bridgehead atoms. The fourth-order valence-electron chi connectivity index (χ4n) is 1.09. The van der Waals surface area contributed by atoms with Gasteiger partial charge in [-0.25, -0.2) is 0 Å². The third-order valence-electron chi connectivity index (χ3n) is 1.92. The molecule has 0 aliphatic heterocycles. The minimum atomic E-state index is -1.43. The highest BCUT2D eigenvalue weighted by Gasteiger charge is 2.25. The zero-order valence-corrected chi connectivity index (χ0v) is 9.18. The molecule has 0 fully saturated rings. The Bertz CT molecular complexity index is 382. The number of hydrogen-bond acceptors (Lipinski definition) is 4. The Morgan fingerprint density at radius 2 is 2.07 bits per heavy atom. The largest absolute Gasteiger partial charge is 0.508 e. The minimum Gasteiger partial charge on any atom is -0.508 e. The van der Waals surface area contributed by atoms with Crippen LogP contribution in [-0.2, 0) is 4.79 Å². The molecule has 0 aliphatic rings. The van der Waals surface area contributed by atoms with Crippen molar-refractivity contribution >= 4 is 21.9 Å². The third kappa shape index (κ3) is 2.68. The maximum Gasteiger partial charge on any atom is 0.323 e. The van der Waals surface area contributed by atoms with Crippen molar-refractivity contribution in [3.8, 4) is 5.75 Å². The molecule has 2 atom stereocenters. The number of aromatic hydroxyl groups is 1.